The molecule has 0 radical (unpaired) electrons. The van der Waals surface area contributed by atoms with Gasteiger partial charge in [-0.15, -0.1) is 0 Å². The Balaban J connectivity index is 1.53. The van der Waals surface area contributed by atoms with Crippen molar-refractivity contribution in [2.24, 2.45) is 0 Å². The van der Waals surface area contributed by atoms with Gasteiger partial charge in [-0.25, -0.2) is 4.79 Å². The minimum absolute atomic E-state index is 0.221. The first-order valence-electron chi connectivity index (χ1n) is 9.11. The molecular formula is C22H20ClN3O3. The second-order valence-corrected chi connectivity index (χ2v) is 7.00. The molecule has 0 amide bonds. The van der Waals surface area contributed by atoms with Crippen LogP contribution in [-0.2, 0) is 13.2 Å². The first-order valence-corrected chi connectivity index (χ1v) is 9.49. The van der Waals surface area contributed by atoms with Gasteiger partial charge < -0.3 is 24.8 Å². The van der Waals surface area contributed by atoms with Crippen molar-refractivity contribution >= 4 is 28.3 Å². The topological polar surface area (TPSA) is 79.1 Å². The lowest BCUT2D eigenvalue weighted by Crippen LogP contribution is -2.05. The van der Waals surface area contributed by atoms with Gasteiger partial charge in [-0.05, 0) is 42.0 Å². The van der Waals surface area contributed by atoms with Crippen LogP contribution >= 0.6 is 11.6 Å². The average molecular weight is 410 g/mol. The maximum atomic E-state index is 11.4. The first kappa shape index (κ1) is 19.0. The van der Waals surface area contributed by atoms with E-state index in [-0.39, 0.29) is 5.69 Å². The third-order valence-corrected chi connectivity index (χ3v) is 4.79. The van der Waals surface area contributed by atoms with Crippen molar-refractivity contribution in [1.29, 1.82) is 0 Å². The SMILES string of the molecule is COc1cccc(CNc2ccc3[nH]c(=O)[nH]c3c2)c1OCc1cccc(Cl)c1. The third kappa shape index (κ3) is 4.38. The number of methoxy groups -OCH3 is 1. The number of halogens is 1. The molecule has 3 aromatic carbocycles. The summed E-state index contributed by atoms with van der Waals surface area (Å²) in [5.74, 6) is 1.34. The molecule has 0 aliphatic carbocycles. The Morgan fingerprint density at radius 2 is 1.83 bits per heavy atom. The number of benzene rings is 3. The molecule has 0 atom stereocenters. The Morgan fingerprint density at radius 1 is 1.00 bits per heavy atom. The Labute approximate surface area is 172 Å². The van der Waals surface area contributed by atoms with Gasteiger partial charge in [-0.3, -0.25) is 0 Å². The predicted octanol–water partition coefficient (Wildman–Crippen LogP) is 4.71. The van der Waals surface area contributed by atoms with Gasteiger partial charge in [0.2, 0.25) is 0 Å². The fraction of sp³-hybridized carbons (Fsp3) is 0.136. The maximum Gasteiger partial charge on any atom is 0.323 e. The van der Waals surface area contributed by atoms with Gasteiger partial charge >= 0.3 is 5.69 Å². The van der Waals surface area contributed by atoms with E-state index in [0.717, 1.165) is 27.8 Å². The summed E-state index contributed by atoms with van der Waals surface area (Å²) in [6.45, 7) is 0.909. The van der Waals surface area contributed by atoms with Crippen LogP contribution in [0.15, 0.2) is 65.5 Å². The van der Waals surface area contributed by atoms with E-state index in [1.807, 2.05) is 60.7 Å². The largest absolute Gasteiger partial charge is 0.493 e. The molecule has 7 heteroatoms. The van der Waals surface area contributed by atoms with E-state index in [9.17, 15) is 4.79 Å². The number of ether oxygens (including phenoxy) is 2. The fourth-order valence-corrected chi connectivity index (χ4v) is 3.36. The molecule has 6 nitrogen and oxygen atoms in total. The number of H-pyrrole nitrogens is 2. The zero-order valence-electron chi connectivity index (χ0n) is 15.8. The Morgan fingerprint density at radius 3 is 2.66 bits per heavy atom. The van der Waals surface area contributed by atoms with Crippen molar-refractivity contribution in [3.8, 4) is 11.5 Å². The molecule has 0 fully saturated rings. The molecule has 0 spiro atoms. The van der Waals surface area contributed by atoms with E-state index in [2.05, 4.69) is 15.3 Å². The predicted molar refractivity (Wildman–Crippen MR) is 115 cm³/mol. The van der Waals surface area contributed by atoms with E-state index in [4.69, 9.17) is 21.1 Å². The highest BCUT2D eigenvalue weighted by atomic mass is 35.5. The number of hydrogen-bond donors (Lipinski definition) is 3. The van der Waals surface area contributed by atoms with Crippen molar-refractivity contribution in [3.63, 3.8) is 0 Å². The average Bonchev–Trinajstić information content (AvgIpc) is 3.10. The highest BCUT2D eigenvalue weighted by molar-refractivity contribution is 6.30. The normalized spacial score (nSPS) is 10.8. The number of aromatic amines is 2. The number of hydrogen-bond acceptors (Lipinski definition) is 4. The second-order valence-electron chi connectivity index (χ2n) is 6.56. The molecule has 29 heavy (non-hydrogen) atoms. The molecule has 0 saturated heterocycles. The number of fused-ring (bicyclic) bond motifs is 1. The van der Waals surface area contributed by atoms with Crippen LogP contribution in [0.3, 0.4) is 0 Å². The molecule has 0 saturated carbocycles. The van der Waals surface area contributed by atoms with Crippen LogP contribution in [0.1, 0.15) is 11.1 Å². The number of rotatable bonds is 7. The Hall–Kier alpha value is -3.38. The number of imidazole rings is 1. The molecule has 1 heterocycles. The summed E-state index contributed by atoms with van der Waals surface area (Å²) in [5, 5.41) is 4.04. The molecule has 0 unspecified atom stereocenters. The summed E-state index contributed by atoms with van der Waals surface area (Å²) < 4.78 is 11.6. The van der Waals surface area contributed by atoms with Gasteiger partial charge in [-0.2, -0.15) is 0 Å². The van der Waals surface area contributed by atoms with Crippen LogP contribution in [0.5, 0.6) is 11.5 Å². The van der Waals surface area contributed by atoms with Crippen LogP contribution in [0.25, 0.3) is 11.0 Å². The lowest BCUT2D eigenvalue weighted by Gasteiger charge is -2.16. The van der Waals surface area contributed by atoms with E-state index in [0.29, 0.717) is 29.7 Å². The van der Waals surface area contributed by atoms with Gasteiger partial charge in [0.15, 0.2) is 11.5 Å². The van der Waals surface area contributed by atoms with Crippen molar-refractivity contribution in [3.05, 3.63) is 87.3 Å². The minimum Gasteiger partial charge on any atom is -0.493 e. The van der Waals surface area contributed by atoms with Gasteiger partial charge in [0.25, 0.3) is 0 Å². The summed E-state index contributed by atoms with van der Waals surface area (Å²) in [7, 11) is 1.62. The van der Waals surface area contributed by atoms with Crippen molar-refractivity contribution < 1.29 is 9.47 Å². The first-order chi connectivity index (χ1) is 14.1. The summed E-state index contributed by atoms with van der Waals surface area (Å²) in [6, 6.07) is 19.0. The van der Waals surface area contributed by atoms with Crippen LogP contribution in [0.4, 0.5) is 5.69 Å². The van der Waals surface area contributed by atoms with Gasteiger partial charge in [0.1, 0.15) is 6.61 Å². The van der Waals surface area contributed by atoms with Crippen LogP contribution in [0, 0.1) is 0 Å². The van der Waals surface area contributed by atoms with E-state index < -0.39 is 0 Å². The maximum absolute atomic E-state index is 11.4. The lowest BCUT2D eigenvalue weighted by molar-refractivity contribution is 0.281. The molecular weight excluding hydrogens is 390 g/mol. The van der Waals surface area contributed by atoms with Crippen molar-refractivity contribution in [2.75, 3.05) is 12.4 Å². The standard InChI is InChI=1S/C22H20ClN3O3/c1-28-20-7-3-5-15(21(20)29-13-14-4-2-6-16(23)10-14)12-24-17-8-9-18-19(11-17)26-22(27)25-18/h2-11,24H,12-13H2,1H3,(H2,25,26,27). The van der Waals surface area contributed by atoms with E-state index in [1.165, 1.54) is 0 Å². The Bertz CT molecular complexity index is 1200. The second kappa shape index (κ2) is 8.32. The summed E-state index contributed by atoms with van der Waals surface area (Å²) in [4.78, 5) is 16.9. The van der Waals surface area contributed by atoms with E-state index in [1.54, 1.807) is 7.11 Å². The highest BCUT2D eigenvalue weighted by Gasteiger charge is 2.11. The van der Waals surface area contributed by atoms with Crippen LogP contribution in [-0.4, -0.2) is 17.1 Å². The number of nitrogens with one attached hydrogen (secondary N) is 3. The fourth-order valence-electron chi connectivity index (χ4n) is 3.15. The zero-order chi connectivity index (χ0) is 20.2. The van der Waals surface area contributed by atoms with Crippen LogP contribution < -0.4 is 20.5 Å². The third-order valence-electron chi connectivity index (χ3n) is 4.55. The minimum atomic E-state index is -0.221. The quantitative estimate of drug-likeness (QED) is 0.413. The van der Waals surface area contributed by atoms with Gasteiger partial charge in [0, 0.05) is 22.8 Å². The summed E-state index contributed by atoms with van der Waals surface area (Å²) in [6.07, 6.45) is 0. The molecule has 4 aromatic rings. The smallest absolute Gasteiger partial charge is 0.323 e. The molecule has 148 valence electrons. The van der Waals surface area contributed by atoms with E-state index >= 15 is 0 Å². The monoisotopic (exact) mass is 409 g/mol. The lowest BCUT2D eigenvalue weighted by atomic mass is 10.1. The molecule has 3 N–H and O–H groups in total. The van der Waals surface area contributed by atoms with Crippen molar-refractivity contribution in [2.45, 2.75) is 13.2 Å². The summed E-state index contributed by atoms with van der Waals surface area (Å²) in [5.41, 5.74) is 4.12. The molecule has 0 aliphatic rings. The van der Waals surface area contributed by atoms with Crippen LogP contribution in [0.2, 0.25) is 5.02 Å². The highest BCUT2D eigenvalue weighted by Crippen LogP contribution is 2.32. The molecule has 1 aromatic heterocycles. The Kier molecular flexibility index (Phi) is 5.44. The van der Waals surface area contributed by atoms with Gasteiger partial charge in [-0.1, -0.05) is 35.9 Å². The zero-order valence-corrected chi connectivity index (χ0v) is 16.5. The van der Waals surface area contributed by atoms with Gasteiger partial charge in [0.05, 0.1) is 18.1 Å². The molecule has 4 rings (SSSR count). The van der Waals surface area contributed by atoms with Crippen molar-refractivity contribution in [1.82, 2.24) is 9.97 Å². The number of para-hydroxylation sites is 1. The summed E-state index contributed by atoms with van der Waals surface area (Å²) >= 11 is 6.06. The molecule has 0 bridgehead atoms. The number of aromatic nitrogens is 2. The number of anilines is 1. The molecule has 0 aliphatic heterocycles.